The molecule has 0 unspecified atom stereocenters. The van der Waals surface area contributed by atoms with Crippen molar-refractivity contribution in [2.45, 2.75) is 25.3 Å². The predicted octanol–water partition coefficient (Wildman–Crippen LogP) is 5.10. The van der Waals surface area contributed by atoms with E-state index in [1.165, 1.54) is 12.0 Å². The zero-order valence-corrected chi connectivity index (χ0v) is 17.7. The van der Waals surface area contributed by atoms with Crippen LogP contribution in [0, 0.1) is 0 Å². The minimum absolute atomic E-state index is 0.0919. The van der Waals surface area contributed by atoms with Crippen molar-refractivity contribution in [3.05, 3.63) is 87.8 Å². The number of hydrogen-bond acceptors (Lipinski definition) is 4. The van der Waals surface area contributed by atoms with Crippen LogP contribution >= 0.6 is 23.6 Å². The van der Waals surface area contributed by atoms with Crippen molar-refractivity contribution in [2.75, 3.05) is 12.4 Å². The van der Waals surface area contributed by atoms with E-state index in [1.807, 2.05) is 36.4 Å². The summed E-state index contributed by atoms with van der Waals surface area (Å²) in [7, 11) is 1.42. The second-order valence-corrected chi connectivity index (χ2v) is 8.42. The molecule has 29 heavy (non-hydrogen) atoms. The lowest BCUT2D eigenvalue weighted by molar-refractivity contribution is 0.0601. The molecule has 1 aromatic heterocycles. The van der Waals surface area contributed by atoms with E-state index in [0.717, 1.165) is 41.0 Å². The number of benzene rings is 2. The number of aryl methyl sites for hydroxylation is 1. The lowest BCUT2D eigenvalue weighted by Gasteiger charge is -2.22. The normalized spacial score (nSPS) is 12.5. The largest absolute Gasteiger partial charge is 0.465 e. The maximum atomic E-state index is 12.4. The minimum Gasteiger partial charge on any atom is -0.465 e. The summed E-state index contributed by atoms with van der Waals surface area (Å²) in [6, 6.07) is 20.3. The van der Waals surface area contributed by atoms with Crippen LogP contribution < -0.4 is 10.6 Å². The number of esters is 1. The van der Waals surface area contributed by atoms with Gasteiger partial charge in [0.15, 0.2) is 5.11 Å². The average molecular weight is 423 g/mol. The van der Waals surface area contributed by atoms with Crippen molar-refractivity contribution in [3.8, 4) is 0 Å². The van der Waals surface area contributed by atoms with Crippen LogP contribution in [0.1, 0.15) is 44.4 Å². The van der Waals surface area contributed by atoms with Crippen molar-refractivity contribution < 1.29 is 9.53 Å². The third-order valence-electron chi connectivity index (χ3n) is 5.08. The standard InChI is InChI=1S/C23H22N2O2S2/c1-27-22(26)19-17-13-8-14-18(17)29-21(19)25-23(28)24-20(15-9-4-2-5-10-15)16-11-6-3-7-12-16/h2-7,9-12,20H,8,13-14H2,1H3,(H2,24,25,28). The molecule has 0 amide bonds. The number of fused-ring (bicyclic) bond motifs is 1. The Labute approximate surface area is 179 Å². The fourth-order valence-corrected chi connectivity index (χ4v) is 5.30. The number of rotatable bonds is 5. The van der Waals surface area contributed by atoms with Crippen LogP contribution in [-0.4, -0.2) is 18.2 Å². The summed E-state index contributed by atoms with van der Waals surface area (Å²) in [4.78, 5) is 13.6. The zero-order valence-electron chi connectivity index (χ0n) is 16.1. The number of anilines is 1. The van der Waals surface area contributed by atoms with E-state index in [0.29, 0.717) is 10.7 Å². The molecule has 0 saturated carbocycles. The molecular formula is C23H22N2O2S2. The van der Waals surface area contributed by atoms with E-state index in [1.54, 1.807) is 11.3 Å². The Morgan fingerprint density at radius 2 is 1.66 bits per heavy atom. The Kier molecular flexibility index (Phi) is 5.92. The molecule has 2 N–H and O–H groups in total. The first-order valence-electron chi connectivity index (χ1n) is 9.57. The molecule has 4 nitrogen and oxygen atoms in total. The lowest BCUT2D eigenvalue weighted by atomic mass is 9.99. The van der Waals surface area contributed by atoms with Gasteiger partial charge in [-0.25, -0.2) is 4.79 Å². The molecule has 0 aliphatic heterocycles. The minimum atomic E-state index is -0.308. The fourth-order valence-electron chi connectivity index (χ4n) is 3.73. The molecule has 0 saturated heterocycles. The summed E-state index contributed by atoms with van der Waals surface area (Å²) < 4.78 is 5.03. The first-order valence-corrected chi connectivity index (χ1v) is 10.8. The number of ether oxygens (including phenoxy) is 1. The Bertz CT molecular complexity index is 977. The van der Waals surface area contributed by atoms with Crippen LogP contribution in [0.3, 0.4) is 0 Å². The highest BCUT2D eigenvalue weighted by Gasteiger charge is 2.28. The van der Waals surface area contributed by atoms with Crippen molar-refractivity contribution in [3.63, 3.8) is 0 Å². The summed E-state index contributed by atoms with van der Waals surface area (Å²) in [5, 5.41) is 7.93. The van der Waals surface area contributed by atoms with Crippen LogP contribution in [-0.2, 0) is 17.6 Å². The summed E-state index contributed by atoms with van der Waals surface area (Å²) in [6.45, 7) is 0. The smallest absolute Gasteiger partial charge is 0.341 e. The van der Waals surface area contributed by atoms with Gasteiger partial charge in [-0.15, -0.1) is 11.3 Å². The molecule has 0 bridgehead atoms. The zero-order chi connectivity index (χ0) is 20.2. The topological polar surface area (TPSA) is 50.4 Å². The van der Waals surface area contributed by atoms with Gasteiger partial charge in [-0.05, 0) is 48.2 Å². The molecule has 4 rings (SSSR count). The van der Waals surface area contributed by atoms with Gasteiger partial charge in [-0.2, -0.15) is 0 Å². The van der Waals surface area contributed by atoms with Crippen LogP contribution in [0.25, 0.3) is 0 Å². The number of hydrogen-bond donors (Lipinski definition) is 2. The maximum Gasteiger partial charge on any atom is 0.341 e. The van der Waals surface area contributed by atoms with Gasteiger partial charge in [-0.1, -0.05) is 60.7 Å². The molecule has 2 aromatic carbocycles. The third-order valence-corrected chi connectivity index (χ3v) is 6.51. The van der Waals surface area contributed by atoms with Crippen molar-refractivity contribution >= 4 is 39.6 Å². The second-order valence-electron chi connectivity index (χ2n) is 6.91. The Balaban J connectivity index is 1.59. The highest BCUT2D eigenvalue weighted by molar-refractivity contribution is 7.80. The number of carbonyl (C=O) groups excluding carboxylic acids is 1. The highest BCUT2D eigenvalue weighted by Crippen LogP contribution is 2.39. The van der Waals surface area contributed by atoms with Crippen LogP contribution in [0.15, 0.2) is 60.7 Å². The Hall–Kier alpha value is -2.70. The molecule has 0 spiro atoms. The van der Waals surface area contributed by atoms with Crippen LogP contribution in [0.5, 0.6) is 0 Å². The number of thiophene rings is 1. The molecule has 0 fully saturated rings. The van der Waals surface area contributed by atoms with E-state index < -0.39 is 0 Å². The first kappa shape index (κ1) is 19.6. The molecule has 1 heterocycles. The number of thiocarbonyl (C=S) groups is 1. The van der Waals surface area contributed by atoms with Gasteiger partial charge >= 0.3 is 5.97 Å². The van der Waals surface area contributed by atoms with Crippen molar-refractivity contribution in [2.24, 2.45) is 0 Å². The van der Waals surface area contributed by atoms with Gasteiger partial charge < -0.3 is 15.4 Å². The average Bonchev–Trinajstić information content (AvgIpc) is 3.33. The van der Waals surface area contributed by atoms with Gasteiger partial charge in [0.25, 0.3) is 0 Å². The monoisotopic (exact) mass is 422 g/mol. The van der Waals surface area contributed by atoms with E-state index in [4.69, 9.17) is 17.0 Å². The molecule has 1 aliphatic carbocycles. The van der Waals surface area contributed by atoms with E-state index in [2.05, 4.69) is 34.9 Å². The number of methoxy groups -OCH3 is 1. The van der Waals surface area contributed by atoms with E-state index >= 15 is 0 Å². The predicted molar refractivity (Wildman–Crippen MR) is 122 cm³/mol. The molecule has 0 radical (unpaired) electrons. The van der Waals surface area contributed by atoms with Crippen LogP contribution in [0.2, 0.25) is 0 Å². The highest BCUT2D eigenvalue weighted by atomic mass is 32.1. The first-order chi connectivity index (χ1) is 14.2. The van der Waals surface area contributed by atoms with Crippen molar-refractivity contribution in [1.82, 2.24) is 5.32 Å². The lowest BCUT2D eigenvalue weighted by Crippen LogP contribution is -2.33. The van der Waals surface area contributed by atoms with E-state index in [-0.39, 0.29) is 12.0 Å². The summed E-state index contributed by atoms with van der Waals surface area (Å²) in [5.41, 5.74) is 3.97. The molecule has 3 aromatic rings. The third kappa shape index (κ3) is 4.18. The van der Waals surface area contributed by atoms with Gasteiger partial charge in [0.2, 0.25) is 0 Å². The molecule has 148 valence electrons. The van der Waals surface area contributed by atoms with Gasteiger partial charge in [0.1, 0.15) is 5.00 Å². The molecule has 0 atom stereocenters. The Morgan fingerprint density at radius 1 is 1.03 bits per heavy atom. The van der Waals surface area contributed by atoms with Crippen LogP contribution in [0.4, 0.5) is 5.00 Å². The van der Waals surface area contributed by atoms with Crippen molar-refractivity contribution in [1.29, 1.82) is 0 Å². The maximum absolute atomic E-state index is 12.4. The second kappa shape index (κ2) is 8.76. The number of carbonyl (C=O) groups is 1. The number of nitrogens with one attached hydrogen (secondary N) is 2. The quantitative estimate of drug-likeness (QED) is 0.443. The van der Waals surface area contributed by atoms with Gasteiger partial charge in [0.05, 0.1) is 18.7 Å². The summed E-state index contributed by atoms with van der Waals surface area (Å²) in [5.74, 6) is -0.308. The van der Waals surface area contributed by atoms with E-state index in [9.17, 15) is 4.79 Å². The van der Waals surface area contributed by atoms with Gasteiger partial charge in [-0.3, -0.25) is 0 Å². The summed E-state index contributed by atoms with van der Waals surface area (Å²) in [6.07, 6.45) is 3.00. The molecular weight excluding hydrogens is 400 g/mol. The molecule has 1 aliphatic rings. The van der Waals surface area contributed by atoms with Gasteiger partial charge in [0, 0.05) is 4.88 Å². The molecule has 6 heteroatoms. The fraction of sp³-hybridized carbons (Fsp3) is 0.217. The Morgan fingerprint density at radius 3 is 2.24 bits per heavy atom. The summed E-state index contributed by atoms with van der Waals surface area (Å²) >= 11 is 7.23. The SMILES string of the molecule is COC(=O)c1c(NC(=S)NC(c2ccccc2)c2ccccc2)sc2c1CCC2.